The lowest BCUT2D eigenvalue weighted by Gasteiger charge is -2.20. The number of amides is 3. The summed E-state index contributed by atoms with van der Waals surface area (Å²) in [6.45, 7) is 4.42. The van der Waals surface area contributed by atoms with E-state index in [1.807, 2.05) is 42.5 Å². The van der Waals surface area contributed by atoms with E-state index >= 15 is 0 Å². The summed E-state index contributed by atoms with van der Waals surface area (Å²) in [5, 5.41) is 9.65. The van der Waals surface area contributed by atoms with Gasteiger partial charge in [0.25, 0.3) is 5.91 Å². The minimum atomic E-state index is -0.534. The lowest BCUT2D eigenvalue weighted by molar-refractivity contribution is -0.117. The smallest absolute Gasteiger partial charge is 0.323 e. The second-order valence-corrected chi connectivity index (χ2v) is 5.78. The maximum absolute atomic E-state index is 12.1. The maximum Gasteiger partial charge on any atom is 0.323 e. The van der Waals surface area contributed by atoms with Crippen LogP contribution in [0.25, 0.3) is 10.8 Å². The van der Waals surface area contributed by atoms with Crippen molar-refractivity contribution >= 4 is 22.7 Å². The highest BCUT2D eigenvalue weighted by atomic mass is 16.5. The fraction of sp³-hybridized carbons (Fsp3) is 0.158. The van der Waals surface area contributed by atoms with Gasteiger partial charge in [0.1, 0.15) is 11.4 Å². The Balaban J connectivity index is 1.50. The molecule has 7 heteroatoms. The minimum Gasteiger partial charge on any atom is -0.493 e. The molecule has 134 valence electrons. The maximum atomic E-state index is 12.1. The van der Waals surface area contributed by atoms with Crippen molar-refractivity contribution in [3.63, 3.8) is 0 Å². The third kappa shape index (κ3) is 3.77. The Morgan fingerprint density at radius 2 is 1.92 bits per heavy atom. The first kappa shape index (κ1) is 17.3. The van der Waals surface area contributed by atoms with E-state index in [1.165, 1.54) is 0 Å². The number of nitrogens with two attached hydrogens (primary N) is 1. The van der Waals surface area contributed by atoms with E-state index in [4.69, 9.17) is 10.5 Å². The highest BCUT2D eigenvalue weighted by Crippen LogP contribution is 2.25. The number of benzene rings is 2. The Labute approximate surface area is 150 Å². The zero-order chi connectivity index (χ0) is 18.5. The Hall–Kier alpha value is -3.48. The molecule has 0 bridgehead atoms. The Morgan fingerprint density at radius 3 is 2.77 bits per heavy atom. The highest BCUT2D eigenvalue weighted by Gasteiger charge is 2.23. The molecule has 2 aromatic rings. The molecule has 1 heterocycles. The van der Waals surface area contributed by atoms with E-state index in [1.54, 1.807) is 0 Å². The number of urea groups is 1. The van der Waals surface area contributed by atoms with Gasteiger partial charge in [-0.3, -0.25) is 4.79 Å². The van der Waals surface area contributed by atoms with E-state index in [0.29, 0.717) is 19.6 Å². The molecule has 3 amide bonds. The fourth-order valence-electron chi connectivity index (χ4n) is 2.61. The Morgan fingerprint density at radius 1 is 1.15 bits per heavy atom. The van der Waals surface area contributed by atoms with Crippen LogP contribution in [0.15, 0.2) is 66.1 Å². The topological polar surface area (TPSA) is 105 Å². The number of fused-ring (bicyclic) bond motifs is 1. The van der Waals surface area contributed by atoms with Crippen molar-refractivity contribution in [3.8, 4) is 5.75 Å². The monoisotopic (exact) mass is 352 g/mol. The average molecular weight is 352 g/mol. The summed E-state index contributed by atoms with van der Waals surface area (Å²) in [7, 11) is 0. The second-order valence-electron chi connectivity index (χ2n) is 5.78. The van der Waals surface area contributed by atoms with Gasteiger partial charge in [0.2, 0.25) is 0 Å². The number of nitrogens with one attached hydrogen (secondary N) is 3. The first-order chi connectivity index (χ1) is 12.6. The lowest BCUT2D eigenvalue weighted by Crippen LogP contribution is -2.47. The molecule has 0 saturated carbocycles. The summed E-state index contributed by atoms with van der Waals surface area (Å²) in [5.74, 6) is 0.354. The molecule has 2 aromatic carbocycles. The van der Waals surface area contributed by atoms with Crippen LogP contribution in [0.1, 0.15) is 6.42 Å². The van der Waals surface area contributed by atoms with Crippen molar-refractivity contribution in [1.29, 1.82) is 0 Å². The van der Waals surface area contributed by atoms with Crippen molar-refractivity contribution in [2.75, 3.05) is 13.2 Å². The zero-order valence-electron chi connectivity index (χ0n) is 14.2. The Bertz CT molecular complexity index is 899. The largest absolute Gasteiger partial charge is 0.493 e. The molecule has 0 radical (unpaired) electrons. The summed E-state index contributed by atoms with van der Waals surface area (Å²) in [6.07, 6.45) is 0.606. The first-order valence-corrected chi connectivity index (χ1v) is 8.22. The molecule has 0 fully saturated rings. The first-order valence-electron chi connectivity index (χ1n) is 8.22. The van der Waals surface area contributed by atoms with Gasteiger partial charge in [-0.1, -0.05) is 43.0 Å². The number of hydrogen-bond donors (Lipinski definition) is 4. The predicted molar refractivity (Wildman–Crippen MR) is 99.1 cm³/mol. The number of rotatable bonds is 6. The average Bonchev–Trinajstić information content (AvgIpc) is 2.64. The van der Waals surface area contributed by atoms with Gasteiger partial charge in [0.05, 0.1) is 18.0 Å². The van der Waals surface area contributed by atoms with Crippen LogP contribution in [0, 0.1) is 0 Å². The second kappa shape index (κ2) is 7.60. The van der Waals surface area contributed by atoms with Crippen molar-refractivity contribution in [1.82, 2.24) is 16.0 Å². The molecule has 0 atom stereocenters. The van der Waals surface area contributed by atoms with E-state index in [2.05, 4.69) is 22.5 Å². The molecular formula is C19H20N4O3. The third-order valence-electron chi connectivity index (χ3n) is 3.94. The molecule has 3 rings (SSSR count). The van der Waals surface area contributed by atoms with E-state index in [-0.39, 0.29) is 17.1 Å². The summed E-state index contributed by atoms with van der Waals surface area (Å²) in [5.41, 5.74) is 6.10. The molecular weight excluding hydrogens is 332 g/mol. The van der Waals surface area contributed by atoms with Gasteiger partial charge >= 0.3 is 6.03 Å². The molecule has 1 aliphatic rings. The number of ether oxygens (including phenoxy) is 1. The van der Waals surface area contributed by atoms with E-state index in [0.717, 1.165) is 16.5 Å². The van der Waals surface area contributed by atoms with Crippen LogP contribution in [0.5, 0.6) is 5.75 Å². The van der Waals surface area contributed by atoms with Gasteiger partial charge in [0.15, 0.2) is 0 Å². The highest BCUT2D eigenvalue weighted by molar-refractivity contribution is 6.00. The van der Waals surface area contributed by atoms with Crippen molar-refractivity contribution in [2.45, 2.75) is 6.42 Å². The van der Waals surface area contributed by atoms with Crippen molar-refractivity contribution < 1.29 is 14.3 Å². The van der Waals surface area contributed by atoms with Crippen LogP contribution in [-0.2, 0) is 4.79 Å². The summed E-state index contributed by atoms with van der Waals surface area (Å²) in [6, 6.07) is 13.3. The van der Waals surface area contributed by atoms with Crippen LogP contribution >= 0.6 is 0 Å². The molecule has 0 aliphatic carbocycles. The summed E-state index contributed by atoms with van der Waals surface area (Å²) >= 11 is 0. The number of hydrogen-bond acceptors (Lipinski definition) is 4. The zero-order valence-corrected chi connectivity index (χ0v) is 14.2. The quantitative estimate of drug-likeness (QED) is 0.594. The fourth-order valence-corrected chi connectivity index (χ4v) is 2.61. The van der Waals surface area contributed by atoms with Crippen LogP contribution in [0.3, 0.4) is 0 Å². The SMILES string of the molecule is C=C1NC(=O)NC(C(=O)NCCCOc2cccc3ccccc23)=C1N. The molecule has 0 spiro atoms. The van der Waals surface area contributed by atoms with Crippen molar-refractivity contribution in [3.05, 3.63) is 66.1 Å². The third-order valence-corrected chi connectivity index (χ3v) is 3.94. The van der Waals surface area contributed by atoms with Crippen LogP contribution in [-0.4, -0.2) is 25.1 Å². The summed E-state index contributed by atoms with van der Waals surface area (Å²) in [4.78, 5) is 23.5. The lowest BCUT2D eigenvalue weighted by atomic mass is 10.1. The minimum absolute atomic E-state index is 0.00808. The normalized spacial score (nSPS) is 14.0. The number of carbonyl (C=O) groups is 2. The molecule has 0 saturated heterocycles. The van der Waals surface area contributed by atoms with E-state index in [9.17, 15) is 9.59 Å². The van der Waals surface area contributed by atoms with Crippen LogP contribution < -0.4 is 26.4 Å². The van der Waals surface area contributed by atoms with Gasteiger partial charge in [-0.05, 0) is 17.9 Å². The van der Waals surface area contributed by atoms with Gasteiger partial charge in [0, 0.05) is 11.9 Å². The van der Waals surface area contributed by atoms with Gasteiger partial charge in [-0.2, -0.15) is 0 Å². The molecule has 5 N–H and O–H groups in total. The summed E-state index contributed by atoms with van der Waals surface area (Å²) < 4.78 is 5.82. The van der Waals surface area contributed by atoms with Crippen LogP contribution in [0.2, 0.25) is 0 Å². The van der Waals surface area contributed by atoms with E-state index < -0.39 is 11.9 Å². The van der Waals surface area contributed by atoms with Gasteiger partial charge < -0.3 is 26.4 Å². The molecule has 26 heavy (non-hydrogen) atoms. The molecule has 7 nitrogen and oxygen atoms in total. The molecule has 1 aliphatic heterocycles. The van der Waals surface area contributed by atoms with Crippen molar-refractivity contribution in [2.24, 2.45) is 5.73 Å². The Kier molecular flexibility index (Phi) is 5.07. The number of carbonyl (C=O) groups excluding carboxylic acids is 2. The van der Waals surface area contributed by atoms with Crippen LogP contribution in [0.4, 0.5) is 4.79 Å². The standard InChI is InChI=1S/C19H20N4O3/c1-12-16(20)17(23-19(25)22-12)18(24)21-10-5-11-26-15-9-4-7-13-6-2-3-8-14(13)15/h2-4,6-9H,1,5,10-11,20H2,(H,21,24)(H2,22,23,25). The van der Waals surface area contributed by atoms with Gasteiger partial charge in [-0.25, -0.2) is 4.79 Å². The molecule has 0 unspecified atom stereocenters. The predicted octanol–water partition coefficient (Wildman–Crippen LogP) is 1.72. The van der Waals surface area contributed by atoms with Gasteiger partial charge in [-0.15, -0.1) is 0 Å². The molecule has 0 aromatic heterocycles.